The number of nitrogens with one attached hydrogen (secondary N) is 1. The summed E-state index contributed by atoms with van der Waals surface area (Å²) in [6.45, 7) is 4.53. The van der Waals surface area contributed by atoms with Crippen molar-refractivity contribution in [1.29, 1.82) is 0 Å². The topological polar surface area (TPSA) is 21.3 Å². The van der Waals surface area contributed by atoms with Crippen LogP contribution in [0.25, 0.3) is 0 Å². The lowest BCUT2D eigenvalue weighted by molar-refractivity contribution is 0.0622. The van der Waals surface area contributed by atoms with Crippen LogP contribution >= 0.6 is 0 Å². The minimum Gasteiger partial charge on any atom is -0.375 e. The molecule has 0 aromatic heterocycles. The minimum atomic E-state index is 0.134. The van der Waals surface area contributed by atoms with Crippen molar-refractivity contribution in [3.63, 3.8) is 0 Å². The van der Waals surface area contributed by atoms with E-state index in [0.29, 0.717) is 12.0 Å². The minimum absolute atomic E-state index is 0.134. The number of ether oxygens (including phenoxy) is 1. The maximum atomic E-state index is 5.67. The van der Waals surface area contributed by atoms with Gasteiger partial charge < -0.3 is 10.1 Å². The molecule has 0 aliphatic heterocycles. The van der Waals surface area contributed by atoms with Crippen molar-refractivity contribution >= 4 is 0 Å². The Morgan fingerprint density at radius 3 is 2.35 bits per heavy atom. The Morgan fingerprint density at radius 2 is 1.88 bits per heavy atom. The third-order valence-electron chi connectivity index (χ3n) is 3.47. The molecule has 96 valence electrons. The molecule has 0 spiro atoms. The molecule has 0 radical (unpaired) electrons. The normalized spacial score (nSPS) is 16.5. The first-order valence-electron chi connectivity index (χ1n) is 6.47. The third kappa shape index (κ3) is 4.14. The van der Waals surface area contributed by atoms with E-state index >= 15 is 0 Å². The van der Waals surface area contributed by atoms with Gasteiger partial charge in [0.05, 0.1) is 6.10 Å². The molecule has 17 heavy (non-hydrogen) atoms. The molecular weight excluding hydrogens is 210 g/mol. The standard InChI is InChI=1S/C15H25NO/c1-5-12(2)11-14(16-3)15(17-4)13-9-7-6-8-10-13/h6-10,12,14-16H,5,11H2,1-4H3. The van der Waals surface area contributed by atoms with Crippen molar-refractivity contribution < 1.29 is 4.74 Å². The van der Waals surface area contributed by atoms with E-state index in [2.05, 4.69) is 43.4 Å². The quantitative estimate of drug-likeness (QED) is 0.782. The monoisotopic (exact) mass is 235 g/mol. The van der Waals surface area contributed by atoms with Gasteiger partial charge in [0.25, 0.3) is 0 Å². The molecule has 0 saturated heterocycles. The molecule has 3 atom stereocenters. The zero-order valence-corrected chi connectivity index (χ0v) is 11.4. The highest BCUT2D eigenvalue weighted by Crippen LogP contribution is 2.25. The molecule has 0 saturated carbocycles. The Labute approximate surface area is 105 Å². The molecule has 1 aromatic carbocycles. The zero-order valence-electron chi connectivity index (χ0n) is 11.4. The summed E-state index contributed by atoms with van der Waals surface area (Å²) in [5.74, 6) is 0.716. The van der Waals surface area contributed by atoms with Gasteiger partial charge in [0.15, 0.2) is 0 Å². The van der Waals surface area contributed by atoms with Crippen LogP contribution in [0.3, 0.4) is 0 Å². The predicted octanol–water partition coefficient (Wildman–Crippen LogP) is 3.40. The maximum Gasteiger partial charge on any atom is 0.0973 e. The van der Waals surface area contributed by atoms with E-state index in [-0.39, 0.29) is 6.10 Å². The van der Waals surface area contributed by atoms with Gasteiger partial charge in [0.1, 0.15) is 0 Å². The lowest BCUT2D eigenvalue weighted by atomic mass is 9.92. The van der Waals surface area contributed by atoms with Gasteiger partial charge >= 0.3 is 0 Å². The zero-order chi connectivity index (χ0) is 12.7. The van der Waals surface area contributed by atoms with Gasteiger partial charge in [-0.15, -0.1) is 0 Å². The molecule has 1 N–H and O–H groups in total. The Balaban J connectivity index is 2.76. The SMILES string of the molecule is CCC(C)CC(NC)C(OC)c1ccccc1. The van der Waals surface area contributed by atoms with E-state index in [1.807, 2.05) is 13.1 Å². The average molecular weight is 235 g/mol. The molecule has 0 bridgehead atoms. The molecule has 0 amide bonds. The summed E-state index contributed by atoms with van der Waals surface area (Å²) in [6, 6.07) is 10.8. The fraction of sp³-hybridized carbons (Fsp3) is 0.600. The Hall–Kier alpha value is -0.860. The summed E-state index contributed by atoms with van der Waals surface area (Å²) in [6.07, 6.45) is 2.49. The van der Waals surface area contributed by atoms with Crippen LogP contribution < -0.4 is 5.32 Å². The van der Waals surface area contributed by atoms with Crippen LogP contribution in [0.5, 0.6) is 0 Å². The first-order valence-corrected chi connectivity index (χ1v) is 6.47. The third-order valence-corrected chi connectivity index (χ3v) is 3.47. The number of hydrogen-bond donors (Lipinski definition) is 1. The second-order valence-corrected chi connectivity index (χ2v) is 4.71. The van der Waals surface area contributed by atoms with Gasteiger partial charge in [0.2, 0.25) is 0 Å². The summed E-state index contributed by atoms with van der Waals surface area (Å²) in [7, 11) is 3.81. The van der Waals surface area contributed by atoms with Gasteiger partial charge in [-0.05, 0) is 24.9 Å². The summed E-state index contributed by atoms with van der Waals surface area (Å²) in [5, 5.41) is 3.39. The summed E-state index contributed by atoms with van der Waals surface area (Å²) in [5.41, 5.74) is 1.25. The van der Waals surface area contributed by atoms with Gasteiger partial charge in [-0.25, -0.2) is 0 Å². The molecule has 0 aliphatic rings. The molecule has 3 unspecified atom stereocenters. The lowest BCUT2D eigenvalue weighted by Crippen LogP contribution is -2.34. The molecule has 0 aliphatic carbocycles. The van der Waals surface area contributed by atoms with Crippen LogP contribution in [0.1, 0.15) is 38.4 Å². The van der Waals surface area contributed by atoms with E-state index in [4.69, 9.17) is 4.74 Å². The Bertz CT molecular complexity index is 299. The predicted molar refractivity (Wildman–Crippen MR) is 73.1 cm³/mol. The largest absolute Gasteiger partial charge is 0.375 e. The van der Waals surface area contributed by atoms with Gasteiger partial charge in [-0.2, -0.15) is 0 Å². The van der Waals surface area contributed by atoms with Crippen molar-refractivity contribution in [2.45, 2.75) is 38.8 Å². The van der Waals surface area contributed by atoms with Crippen LogP contribution in [0.4, 0.5) is 0 Å². The highest BCUT2D eigenvalue weighted by molar-refractivity contribution is 5.19. The fourth-order valence-electron chi connectivity index (χ4n) is 2.17. The van der Waals surface area contributed by atoms with E-state index in [9.17, 15) is 0 Å². The smallest absolute Gasteiger partial charge is 0.0973 e. The second-order valence-electron chi connectivity index (χ2n) is 4.71. The van der Waals surface area contributed by atoms with Crippen LogP contribution in [0, 0.1) is 5.92 Å². The van der Waals surface area contributed by atoms with Gasteiger partial charge in [-0.1, -0.05) is 50.6 Å². The molecule has 1 aromatic rings. The van der Waals surface area contributed by atoms with Crippen LogP contribution in [0.2, 0.25) is 0 Å². The number of rotatable bonds is 7. The molecular formula is C15H25NO. The van der Waals surface area contributed by atoms with Gasteiger partial charge in [-0.3, -0.25) is 0 Å². The Kier molecular flexibility index (Phi) is 6.23. The summed E-state index contributed by atoms with van der Waals surface area (Å²) in [4.78, 5) is 0. The van der Waals surface area contributed by atoms with Crippen molar-refractivity contribution in [3.8, 4) is 0 Å². The summed E-state index contributed by atoms with van der Waals surface area (Å²) < 4.78 is 5.67. The van der Waals surface area contributed by atoms with Gasteiger partial charge in [0, 0.05) is 13.2 Å². The van der Waals surface area contributed by atoms with Crippen LogP contribution in [-0.4, -0.2) is 20.2 Å². The van der Waals surface area contributed by atoms with E-state index in [1.165, 1.54) is 12.0 Å². The highest BCUT2D eigenvalue weighted by Gasteiger charge is 2.22. The average Bonchev–Trinajstić information content (AvgIpc) is 2.39. The van der Waals surface area contributed by atoms with Crippen LogP contribution in [0.15, 0.2) is 30.3 Å². The maximum absolute atomic E-state index is 5.67. The van der Waals surface area contributed by atoms with E-state index < -0.39 is 0 Å². The molecule has 1 rings (SSSR count). The summed E-state index contributed by atoms with van der Waals surface area (Å²) >= 11 is 0. The van der Waals surface area contributed by atoms with Crippen molar-refractivity contribution in [1.82, 2.24) is 5.32 Å². The highest BCUT2D eigenvalue weighted by atomic mass is 16.5. The molecule has 0 heterocycles. The van der Waals surface area contributed by atoms with Crippen LogP contribution in [-0.2, 0) is 4.74 Å². The number of benzene rings is 1. The lowest BCUT2D eigenvalue weighted by Gasteiger charge is -2.28. The number of hydrogen-bond acceptors (Lipinski definition) is 2. The van der Waals surface area contributed by atoms with Crippen molar-refractivity contribution in [2.75, 3.05) is 14.2 Å². The first-order chi connectivity index (χ1) is 8.22. The second kappa shape index (κ2) is 7.46. The Morgan fingerprint density at radius 1 is 1.24 bits per heavy atom. The molecule has 0 fully saturated rings. The van der Waals surface area contributed by atoms with Crippen molar-refractivity contribution in [2.24, 2.45) is 5.92 Å². The van der Waals surface area contributed by atoms with E-state index in [1.54, 1.807) is 7.11 Å². The first kappa shape index (κ1) is 14.2. The van der Waals surface area contributed by atoms with E-state index in [0.717, 1.165) is 6.42 Å². The molecule has 2 nitrogen and oxygen atoms in total. The number of likely N-dealkylation sites (N-methyl/N-ethyl adjacent to an activating group) is 1. The molecule has 2 heteroatoms. The fourth-order valence-corrected chi connectivity index (χ4v) is 2.17. The van der Waals surface area contributed by atoms with Crippen molar-refractivity contribution in [3.05, 3.63) is 35.9 Å². The number of methoxy groups -OCH3 is 1.